The number of hydrogen-bond acceptors (Lipinski definition) is 9. The third-order valence-corrected chi connectivity index (χ3v) is 20.0. The lowest BCUT2D eigenvalue weighted by Gasteiger charge is -2.29. The van der Waals surface area contributed by atoms with Gasteiger partial charge in [-0.15, -0.1) is 0 Å². The van der Waals surface area contributed by atoms with Gasteiger partial charge in [0.25, 0.3) is 0 Å². The van der Waals surface area contributed by atoms with Crippen LogP contribution in [0.2, 0.25) is 0 Å². The Bertz CT molecular complexity index is 2870. The third kappa shape index (κ3) is 18.4. The van der Waals surface area contributed by atoms with Crippen LogP contribution in [0.25, 0.3) is 0 Å². The summed E-state index contributed by atoms with van der Waals surface area (Å²) in [5, 5.41) is 31.1. The number of ether oxygens (including phenoxy) is 6. The Morgan fingerprint density at radius 3 is 0.724 bits per heavy atom. The fourth-order valence-corrected chi connectivity index (χ4v) is 17.5. The van der Waals surface area contributed by atoms with E-state index >= 15 is 0 Å². The maximum atomic E-state index is 11.0. The number of benzene rings is 6. The van der Waals surface area contributed by atoms with Crippen LogP contribution in [0.1, 0.15) is 55.5 Å². The van der Waals surface area contributed by atoms with Crippen molar-refractivity contribution in [2.75, 3.05) is 46.8 Å². The summed E-state index contributed by atoms with van der Waals surface area (Å²) in [7, 11) is 1.54. The van der Waals surface area contributed by atoms with Crippen molar-refractivity contribution in [2.45, 2.75) is 63.8 Å². The molecule has 0 heterocycles. The van der Waals surface area contributed by atoms with E-state index in [4.69, 9.17) is 28.4 Å². The largest absolute Gasteiger partial charge is 0.488 e. The van der Waals surface area contributed by atoms with Gasteiger partial charge in [0, 0.05) is 35.8 Å². The molecule has 0 aliphatic carbocycles. The van der Waals surface area contributed by atoms with Crippen LogP contribution in [0, 0.1) is 6.92 Å². The zero-order valence-corrected chi connectivity index (χ0v) is 63.2. The van der Waals surface area contributed by atoms with E-state index < -0.39 is 23.7 Å². The van der Waals surface area contributed by atoms with Gasteiger partial charge in [0.1, 0.15) is 80.1 Å². The van der Waals surface area contributed by atoms with Gasteiger partial charge in [-0.3, -0.25) is 0 Å². The molecule has 23 heteroatoms. The molecule has 0 spiro atoms. The normalized spacial score (nSPS) is 12.9. The summed E-state index contributed by atoms with van der Waals surface area (Å²) < 4.78 is 45.9. The van der Waals surface area contributed by atoms with Crippen LogP contribution < -0.4 is 23.7 Å². The van der Waals surface area contributed by atoms with Crippen molar-refractivity contribution in [3.05, 3.63) is 163 Å². The lowest BCUT2D eigenvalue weighted by molar-refractivity contribution is 0.0322. The molecule has 76 heavy (non-hydrogen) atoms. The SMILES string of the molecule is COCC(O)COc1c(Br)cc(Br)cc1Br.Cc1c(Br)cc(C(C)(C)c2cc(Br)c(OCC(O)COc3c(Br)cc(C(C)(C)c4cc(Br)c(OCC(O)COc5c(Br)cc(Br)cc5Br)c(Br)c4)cc3Br)c(Br)c2)cc1Br. The second-order valence-electron chi connectivity index (χ2n) is 18.0. The second-order valence-corrected chi connectivity index (χ2v) is 30.1. The molecular weight excluding hydrogens is 1900 g/mol. The maximum Gasteiger partial charge on any atom is 0.147 e. The molecule has 0 aliphatic heterocycles. The highest BCUT2D eigenvalue weighted by atomic mass is 79.9. The number of aliphatic hydroxyl groups is 3. The van der Waals surface area contributed by atoms with E-state index in [0.29, 0.717) is 28.7 Å². The van der Waals surface area contributed by atoms with E-state index in [1.807, 2.05) is 48.5 Å². The van der Waals surface area contributed by atoms with E-state index in [-0.39, 0.29) is 45.1 Å². The van der Waals surface area contributed by atoms with Crippen molar-refractivity contribution in [1.29, 1.82) is 0 Å². The van der Waals surface area contributed by atoms with Gasteiger partial charge in [-0.2, -0.15) is 0 Å². The predicted molar refractivity (Wildman–Crippen MR) is 353 cm³/mol. The number of rotatable bonds is 21. The minimum absolute atomic E-state index is 0.00101. The highest BCUT2D eigenvalue weighted by molar-refractivity contribution is 9.13. The van der Waals surface area contributed by atoms with Gasteiger partial charge in [-0.25, -0.2) is 0 Å². The third-order valence-electron chi connectivity index (χ3n) is 11.5. The first-order valence-electron chi connectivity index (χ1n) is 22.5. The smallest absolute Gasteiger partial charge is 0.147 e. The van der Waals surface area contributed by atoms with Gasteiger partial charge in [-0.05, 0) is 267 Å². The fourth-order valence-electron chi connectivity index (χ4n) is 7.08. The van der Waals surface area contributed by atoms with Crippen LogP contribution in [0.4, 0.5) is 0 Å². The average molecular weight is 1950 g/mol. The minimum atomic E-state index is -0.919. The van der Waals surface area contributed by atoms with Crippen molar-refractivity contribution in [3.8, 4) is 28.7 Å². The zero-order chi connectivity index (χ0) is 56.6. The van der Waals surface area contributed by atoms with Crippen LogP contribution >= 0.6 is 223 Å². The van der Waals surface area contributed by atoms with Gasteiger partial charge in [0.05, 0.1) is 51.3 Å². The minimum Gasteiger partial charge on any atom is -0.488 e. The molecule has 0 amide bonds. The van der Waals surface area contributed by atoms with Gasteiger partial charge in [0.15, 0.2) is 0 Å². The van der Waals surface area contributed by atoms with Crippen LogP contribution in [0.15, 0.2) is 135 Å². The molecule has 0 radical (unpaired) electrons. The van der Waals surface area contributed by atoms with E-state index in [1.165, 1.54) is 7.11 Å². The van der Waals surface area contributed by atoms with Crippen LogP contribution in [0.5, 0.6) is 28.7 Å². The van der Waals surface area contributed by atoms with E-state index in [2.05, 4.69) is 282 Å². The van der Waals surface area contributed by atoms with E-state index in [0.717, 1.165) is 90.4 Å². The molecule has 6 rings (SSSR count). The van der Waals surface area contributed by atoms with E-state index in [9.17, 15) is 15.3 Å². The molecule has 0 aromatic heterocycles. The molecule has 0 fully saturated rings. The van der Waals surface area contributed by atoms with Crippen LogP contribution in [0.3, 0.4) is 0 Å². The summed E-state index contributed by atoms with van der Waals surface area (Å²) in [4.78, 5) is 0. The highest BCUT2D eigenvalue weighted by Gasteiger charge is 2.30. The highest BCUT2D eigenvalue weighted by Crippen LogP contribution is 2.46. The van der Waals surface area contributed by atoms with Crippen LogP contribution in [-0.2, 0) is 15.6 Å². The first-order valence-corrected chi connectivity index (χ1v) is 33.6. The second kappa shape index (κ2) is 30.6. The molecule has 6 aromatic rings. The number of aliphatic hydroxyl groups excluding tert-OH is 3. The summed E-state index contributed by atoms with van der Waals surface area (Å²) in [6, 6.07) is 24.0. The zero-order valence-electron chi connectivity index (χ0n) is 41.0. The summed E-state index contributed by atoms with van der Waals surface area (Å²) in [6.45, 7) is 11.2. The molecule has 0 aliphatic rings. The standard InChI is InChI=1S/C43H37Br11O6.C10H11Br3O3/c1-20-28(45)6-21(7-29(20)46)42(2,3)22-8-30(47)38(31(48)9-22)57-16-26(55)17-58-39-32(49)10-23(11-33(39)50)43(4,5)24-12-34(51)40(35(52)13-24)59-18-27(56)19-60-41-36(53)14-25(44)15-37(41)54;1-15-4-7(14)5-16-10-8(12)2-6(11)3-9(10)13/h6-15,26-27,55-56H,16-19H2,1-5H3;2-3,7,14H,4-5H2,1H3. The number of halogens is 14. The van der Waals surface area contributed by atoms with Gasteiger partial charge in [0.2, 0.25) is 0 Å². The molecule has 3 unspecified atom stereocenters. The monoisotopic (exact) mass is 1930 g/mol. The Kier molecular flexibility index (Phi) is 27.3. The van der Waals surface area contributed by atoms with Crippen molar-refractivity contribution >= 4 is 223 Å². The Hall–Kier alpha value is 0.880. The Balaban J connectivity index is 0.000000569. The van der Waals surface area contributed by atoms with Crippen molar-refractivity contribution < 1.29 is 43.7 Å². The summed E-state index contributed by atoms with van der Waals surface area (Å²) in [6.07, 6.45) is -2.44. The van der Waals surface area contributed by atoms with Gasteiger partial charge < -0.3 is 43.7 Å². The molecule has 3 atom stereocenters. The van der Waals surface area contributed by atoms with Crippen LogP contribution in [-0.4, -0.2) is 80.4 Å². The van der Waals surface area contributed by atoms with Crippen molar-refractivity contribution in [1.82, 2.24) is 0 Å². The molecule has 9 nitrogen and oxygen atoms in total. The number of methoxy groups -OCH3 is 1. The Labute approximate surface area is 561 Å². The van der Waals surface area contributed by atoms with Gasteiger partial charge in [-0.1, -0.05) is 91.4 Å². The summed E-state index contributed by atoms with van der Waals surface area (Å²) in [5.74, 6) is 2.97. The molecule has 0 bridgehead atoms. The maximum absolute atomic E-state index is 11.0. The molecule has 3 N–H and O–H groups in total. The summed E-state index contributed by atoms with van der Waals surface area (Å²) >= 11 is 50.2. The molecular formula is C53H48Br14O9. The Morgan fingerprint density at radius 1 is 0.329 bits per heavy atom. The molecule has 6 aromatic carbocycles. The molecule has 0 saturated heterocycles. The first-order chi connectivity index (χ1) is 35.5. The average Bonchev–Trinajstić information content (AvgIpc) is 3.31. The summed E-state index contributed by atoms with van der Waals surface area (Å²) in [5.41, 5.74) is 4.63. The quantitative estimate of drug-likeness (QED) is 0.0648. The molecule has 0 saturated carbocycles. The lowest BCUT2D eigenvalue weighted by Crippen LogP contribution is -2.26. The number of hydrogen-bond donors (Lipinski definition) is 3. The first kappa shape index (κ1) is 67.7. The fraction of sp³-hybridized carbons (Fsp3) is 0.321. The van der Waals surface area contributed by atoms with Crippen molar-refractivity contribution in [3.63, 3.8) is 0 Å². The predicted octanol–water partition coefficient (Wildman–Crippen LogP) is 20.0. The molecule has 412 valence electrons. The van der Waals surface area contributed by atoms with E-state index in [1.54, 1.807) is 0 Å². The lowest BCUT2D eigenvalue weighted by atomic mass is 9.78. The Morgan fingerprint density at radius 2 is 0.513 bits per heavy atom. The van der Waals surface area contributed by atoms with Gasteiger partial charge >= 0.3 is 0 Å². The van der Waals surface area contributed by atoms with Crippen molar-refractivity contribution in [2.24, 2.45) is 0 Å². The topological polar surface area (TPSA) is 116 Å².